The van der Waals surface area contributed by atoms with Crippen molar-refractivity contribution in [3.8, 4) is 0 Å². The maximum Gasteiger partial charge on any atom is 0.375 e. The fourth-order valence-corrected chi connectivity index (χ4v) is 1.31. The Bertz CT molecular complexity index is 568. The molecule has 17 heavy (non-hydrogen) atoms. The van der Waals surface area contributed by atoms with E-state index in [2.05, 4.69) is 10.1 Å². The second-order valence-corrected chi connectivity index (χ2v) is 3.31. The molecule has 2 rings (SSSR count). The summed E-state index contributed by atoms with van der Waals surface area (Å²) in [6, 6.07) is 3.03. The van der Waals surface area contributed by atoms with Gasteiger partial charge in [-0.05, 0) is 18.2 Å². The molecule has 0 spiro atoms. The SMILES string of the molecule is O=C(O)c1ncn(Cc2cc(F)ccc2F)n1. The molecular weight excluding hydrogens is 232 g/mol. The summed E-state index contributed by atoms with van der Waals surface area (Å²) in [6.45, 7) is -0.0795. The Balaban J connectivity index is 2.25. The third-order valence-electron chi connectivity index (χ3n) is 2.07. The van der Waals surface area contributed by atoms with Gasteiger partial charge in [0.2, 0.25) is 0 Å². The van der Waals surface area contributed by atoms with E-state index in [1.54, 1.807) is 0 Å². The van der Waals surface area contributed by atoms with Crippen LogP contribution in [-0.4, -0.2) is 25.8 Å². The lowest BCUT2D eigenvalue weighted by molar-refractivity contribution is 0.0683. The summed E-state index contributed by atoms with van der Waals surface area (Å²) < 4.78 is 27.3. The van der Waals surface area contributed by atoms with Crippen molar-refractivity contribution in [2.24, 2.45) is 0 Å². The summed E-state index contributed by atoms with van der Waals surface area (Å²) in [5.41, 5.74) is 0.0758. The van der Waals surface area contributed by atoms with Gasteiger partial charge in [-0.25, -0.2) is 23.2 Å². The van der Waals surface area contributed by atoms with Gasteiger partial charge in [-0.2, -0.15) is 0 Å². The molecule has 0 amide bonds. The van der Waals surface area contributed by atoms with Crippen LogP contribution in [-0.2, 0) is 6.54 Å². The molecule has 7 heteroatoms. The van der Waals surface area contributed by atoms with Crippen LogP contribution in [0.2, 0.25) is 0 Å². The Morgan fingerprint density at radius 1 is 1.41 bits per heavy atom. The molecule has 0 saturated carbocycles. The van der Waals surface area contributed by atoms with Crippen LogP contribution in [0.4, 0.5) is 8.78 Å². The molecule has 88 valence electrons. The Morgan fingerprint density at radius 2 is 2.18 bits per heavy atom. The van der Waals surface area contributed by atoms with Crippen LogP contribution in [0.1, 0.15) is 16.2 Å². The average Bonchev–Trinajstić information content (AvgIpc) is 2.72. The predicted molar refractivity (Wildman–Crippen MR) is 52.4 cm³/mol. The molecule has 1 aromatic heterocycles. The molecule has 0 aliphatic rings. The number of rotatable bonds is 3. The van der Waals surface area contributed by atoms with Crippen LogP contribution < -0.4 is 0 Å². The number of aromatic nitrogens is 3. The number of hydrogen-bond acceptors (Lipinski definition) is 3. The van der Waals surface area contributed by atoms with Crippen LogP contribution in [0.5, 0.6) is 0 Å². The molecular formula is C10H7F2N3O2. The van der Waals surface area contributed by atoms with E-state index in [4.69, 9.17) is 5.11 Å². The molecule has 1 N–H and O–H groups in total. The first-order valence-corrected chi connectivity index (χ1v) is 4.63. The van der Waals surface area contributed by atoms with Crippen LogP contribution in [0, 0.1) is 11.6 Å². The predicted octanol–water partition coefficient (Wildman–Crippen LogP) is 1.30. The Hall–Kier alpha value is -2.31. The molecule has 0 bridgehead atoms. The minimum Gasteiger partial charge on any atom is -0.475 e. The van der Waals surface area contributed by atoms with Crippen molar-refractivity contribution in [2.75, 3.05) is 0 Å². The summed E-state index contributed by atoms with van der Waals surface area (Å²) in [6.07, 6.45) is 1.15. The van der Waals surface area contributed by atoms with Crippen molar-refractivity contribution in [3.05, 3.63) is 47.5 Å². The lowest BCUT2D eigenvalue weighted by Crippen LogP contribution is -2.05. The summed E-state index contributed by atoms with van der Waals surface area (Å²) in [5.74, 6) is -2.82. The maximum absolute atomic E-state index is 13.3. The van der Waals surface area contributed by atoms with Crippen LogP contribution >= 0.6 is 0 Å². The van der Waals surface area contributed by atoms with Crippen molar-refractivity contribution in [1.29, 1.82) is 0 Å². The first-order chi connectivity index (χ1) is 8.06. The van der Waals surface area contributed by atoms with Crippen LogP contribution in [0.25, 0.3) is 0 Å². The highest BCUT2D eigenvalue weighted by atomic mass is 19.1. The van der Waals surface area contributed by atoms with Gasteiger partial charge in [-0.3, -0.25) is 0 Å². The van der Waals surface area contributed by atoms with Gasteiger partial charge >= 0.3 is 5.97 Å². The van der Waals surface area contributed by atoms with Crippen LogP contribution in [0.3, 0.4) is 0 Å². The molecule has 0 aliphatic carbocycles. The highest BCUT2D eigenvalue weighted by Crippen LogP contribution is 2.10. The molecule has 0 radical (unpaired) electrons. The van der Waals surface area contributed by atoms with Gasteiger partial charge in [0.25, 0.3) is 5.82 Å². The van der Waals surface area contributed by atoms with Gasteiger partial charge < -0.3 is 5.11 Å². The number of carbonyl (C=O) groups is 1. The lowest BCUT2D eigenvalue weighted by atomic mass is 10.2. The molecule has 0 atom stereocenters. The Kier molecular flexibility index (Phi) is 2.82. The number of halogens is 2. The van der Waals surface area contributed by atoms with E-state index < -0.39 is 17.6 Å². The summed E-state index contributed by atoms with van der Waals surface area (Å²) >= 11 is 0. The van der Waals surface area contributed by atoms with Crippen molar-refractivity contribution in [1.82, 2.24) is 14.8 Å². The second kappa shape index (κ2) is 4.28. The fourth-order valence-electron chi connectivity index (χ4n) is 1.31. The summed E-state index contributed by atoms with van der Waals surface area (Å²) in [5, 5.41) is 12.2. The van der Waals surface area contributed by atoms with E-state index in [1.807, 2.05) is 0 Å². The number of aromatic carboxylic acids is 1. The van der Waals surface area contributed by atoms with E-state index in [0.29, 0.717) is 0 Å². The summed E-state index contributed by atoms with van der Waals surface area (Å²) in [4.78, 5) is 14.0. The van der Waals surface area contributed by atoms with Gasteiger partial charge in [0.05, 0.1) is 6.54 Å². The summed E-state index contributed by atoms with van der Waals surface area (Å²) in [7, 11) is 0. The molecule has 0 unspecified atom stereocenters. The minimum absolute atomic E-state index is 0.0758. The van der Waals surface area contributed by atoms with Gasteiger partial charge in [0, 0.05) is 5.56 Å². The maximum atomic E-state index is 13.3. The zero-order chi connectivity index (χ0) is 12.4. The number of carboxylic acid groups (broad SMARTS) is 1. The highest BCUT2D eigenvalue weighted by molar-refractivity contribution is 5.82. The van der Waals surface area contributed by atoms with Crippen LogP contribution in [0.15, 0.2) is 24.5 Å². The van der Waals surface area contributed by atoms with Gasteiger partial charge in [0.15, 0.2) is 0 Å². The number of benzene rings is 1. The van der Waals surface area contributed by atoms with Crippen molar-refractivity contribution >= 4 is 5.97 Å². The lowest BCUT2D eigenvalue weighted by Gasteiger charge is -2.02. The molecule has 5 nitrogen and oxygen atoms in total. The quantitative estimate of drug-likeness (QED) is 0.876. The largest absolute Gasteiger partial charge is 0.475 e. The number of hydrogen-bond donors (Lipinski definition) is 1. The fraction of sp³-hybridized carbons (Fsp3) is 0.100. The second-order valence-electron chi connectivity index (χ2n) is 3.31. The molecule has 1 aromatic carbocycles. The normalized spacial score (nSPS) is 10.5. The molecule has 0 saturated heterocycles. The van der Waals surface area contributed by atoms with E-state index in [0.717, 1.165) is 29.2 Å². The van der Waals surface area contributed by atoms with E-state index in [9.17, 15) is 13.6 Å². The minimum atomic E-state index is -1.27. The first kappa shape index (κ1) is 11.2. The molecule has 2 aromatic rings. The Labute approximate surface area is 94.3 Å². The standard InChI is InChI=1S/C10H7F2N3O2/c11-7-1-2-8(12)6(3-7)4-15-5-13-9(14-15)10(16)17/h1-3,5H,4H2,(H,16,17). The third-order valence-corrected chi connectivity index (χ3v) is 2.07. The van der Waals surface area contributed by atoms with Gasteiger partial charge in [0.1, 0.15) is 18.0 Å². The number of carboxylic acids is 1. The van der Waals surface area contributed by atoms with Crippen molar-refractivity contribution in [3.63, 3.8) is 0 Å². The zero-order valence-electron chi connectivity index (χ0n) is 8.47. The van der Waals surface area contributed by atoms with E-state index >= 15 is 0 Å². The monoisotopic (exact) mass is 239 g/mol. The van der Waals surface area contributed by atoms with Gasteiger partial charge in [-0.1, -0.05) is 0 Å². The van der Waals surface area contributed by atoms with Crippen molar-refractivity contribution in [2.45, 2.75) is 6.54 Å². The molecule has 1 heterocycles. The van der Waals surface area contributed by atoms with Crippen molar-refractivity contribution < 1.29 is 18.7 Å². The first-order valence-electron chi connectivity index (χ1n) is 4.63. The average molecular weight is 239 g/mol. The topological polar surface area (TPSA) is 68.0 Å². The third kappa shape index (κ3) is 2.44. The zero-order valence-corrected chi connectivity index (χ0v) is 8.47. The van der Waals surface area contributed by atoms with E-state index in [1.165, 1.54) is 0 Å². The smallest absolute Gasteiger partial charge is 0.375 e. The number of nitrogens with zero attached hydrogens (tertiary/aromatic N) is 3. The molecule has 0 aliphatic heterocycles. The Morgan fingerprint density at radius 3 is 2.82 bits per heavy atom. The highest BCUT2D eigenvalue weighted by Gasteiger charge is 2.10. The van der Waals surface area contributed by atoms with E-state index in [-0.39, 0.29) is 17.9 Å². The van der Waals surface area contributed by atoms with Gasteiger partial charge in [-0.15, -0.1) is 5.10 Å². The molecule has 0 fully saturated rings.